The molecule has 10 heteroatoms. The zero-order valence-corrected chi connectivity index (χ0v) is 16.3. The summed E-state index contributed by atoms with van der Waals surface area (Å²) in [6, 6.07) is 3.70. The second-order valence-corrected chi connectivity index (χ2v) is 6.81. The van der Waals surface area contributed by atoms with Gasteiger partial charge in [0.2, 0.25) is 11.7 Å². The fraction of sp³-hybridized carbons (Fsp3) is 0.500. The molecule has 0 aliphatic carbocycles. The molecule has 0 saturated carbocycles. The maximum atomic E-state index is 13.4. The lowest BCUT2D eigenvalue weighted by Gasteiger charge is -2.25. The van der Waals surface area contributed by atoms with Gasteiger partial charge < -0.3 is 9.63 Å². The van der Waals surface area contributed by atoms with Crippen LogP contribution in [-0.2, 0) is 11.3 Å². The van der Waals surface area contributed by atoms with Crippen molar-refractivity contribution in [2.45, 2.75) is 31.8 Å². The average Bonchev–Trinajstić information content (AvgIpc) is 2.94. The molecule has 1 atom stereocenters. The van der Waals surface area contributed by atoms with Crippen LogP contribution in [0.25, 0.3) is 11.4 Å². The van der Waals surface area contributed by atoms with Crippen LogP contribution in [0.4, 0.5) is 8.78 Å². The molecule has 1 N–H and O–H groups in total. The van der Waals surface area contributed by atoms with E-state index in [0.717, 1.165) is 44.5 Å². The summed E-state index contributed by atoms with van der Waals surface area (Å²) in [5.74, 6) is -2.07. The van der Waals surface area contributed by atoms with Gasteiger partial charge in [0, 0.05) is 18.2 Å². The predicted molar refractivity (Wildman–Crippen MR) is 100 cm³/mol. The van der Waals surface area contributed by atoms with Gasteiger partial charge in [-0.2, -0.15) is 4.98 Å². The van der Waals surface area contributed by atoms with Gasteiger partial charge >= 0.3 is 5.97 Å². The number of hydrogen-bond donors (Lipinski definition) is 1. The smallest absolute Gasteiger partial charge is 0.317 e. The molecular formula is C18H23ClF2N4O3. The SMILES string of the molecule is CN(CC(=O)O)C1CCCN(Cc2nc(-c3ccc(F)c(F)c3)no2)CC1.Cl. The maximum absolute atomic E-state index is 13.4. The summed E-state index contributed by atoms with van der Waals surface area (Å²) in [4.78, 5) is 19.2. The molecule has 1 fully saturated rings. The summed E-state index contributed by atoms with van der Waals surface area (Å²) in [7, 11) is 1.83. The highest BCUT2D eigenvalue weighted by Crippen LogP contribution is 2.21. The van der Waals surface area contributed by atoms with Crippen molar-refractivity contribution in [3.05, 3.63) is 35.7 Å². The molecule has 2 heterocycles. The minimum Gasteiger partial charge on any atom is -0.480 e. The summed E-state index contributed by atoms with van der Waals surface area (Å²) in [5, 5.41) is 12.8. The summed E-state index contributed by atoms with van der Waals surface area (Å²) in [6.45, 7) is 2.13. The second kappa shape index (κ2) is 9.90. The van der Waals surface area contributed by atoms with E-state index in [2.05, 4.69) is 15.0 Å². The van der Waals surface area contributed by atoms with Gasteiger partial charge in [0.05, 0.1) is 13.1 Å². The normalized spacial score (nSPS) is 17.9. The first-order valence-electron chi connectivity index (χ1n) is 8.85. The Bertz CT molecular complexity index is 805. The molecule has 0 bridgehead atoms. The Labute approximate surface area is 167 Å². The lowest BCUT2D eigenvalue weighted by molar-refractivity contribution is -0.138. The van der Waals surface area contributed by atoms with Gasteiger partial charge in [0.25, 0.3) is 0 Å². The number of aliphatic carboxylic acids is 1. The van der Waals surface area contributed by atoms with E-state index in [-0.39, 0.29) is 30.8 Å². The first-order valence-corrected chi connectivity index (χ1v) is 8.85. The summed E-state index contributed by atoms with van der Waals surface area (Å²) >= 11 is 0. The molecule has 0 spiro atoms. The molecule has 1 unspecified atom stereocenters. The summed E-state index contributed by atoms with van der Waals surface area (Å²) < 4.78 is 31.7. The Kier molecular flexibility index (Phi) is 7.85. The van der Waals surface area contributed by atoms with E-state index in [1.807, 2.05) is 11.9 Å². The fourth-order valence-electron chi connectivity index (χ4n) is 3.34. The number of rotatable bonds is 6. The van der Waals surface area contributed by atoms with Crippen molar-refractivity contribution < 1.29 is 23.2 Å². The zero-order valence-electron chi connectivity index (χ0n) is 15.5. The minimum atomic E-state index is -0.956. The van der Waals surface area contributed by atoms with Crippen molar-refractivity contribution in [3.63, 3.8) is 0 Å². The molecule has 0 radical (unpaired) electrons. The van der Waals surface area contributed by atoms with Crippen LogP contribution in [0.5, 0.6) is 0 Å². The Morgan fingerprint density at radius 2 is 2.11 bits per heavy atom. The number of likely N-dealkylation sites (N-methyl/N-ethyl adjacent to an activating group) is 1. The van der Waals surface area contributed by atoms with Gasteiger partial charge in [-0.15, -0.1) is 12.4 Å². The number of halogens is 3. The second-order valence-electron chi connectivity index (χ2n) is 6.81. The first-order chi connectivity index (χ1) is 12.9. The average molecular weight is 417 g/mol. The highest BCUT2D eigenvalue weighted by molar-refractivity contribution is 5.85. The molecule has 1 aliphatic rings. The topological polar surface area (TPSA) is 82.7 Å². The van der Waals surface area contributed by atoms with Crippen molar-refractivity contribution in [3.8, 4) is 11.4 Å². The van der Waals surface area contributed by atoms with Gasteiger partial charge in [-0.1, -0.05) is 5.16 Å². The number of aromatic nitrogens is 2. The Morgan fingerprint density at radius 3 is 2.82 bits per heavy atom. The van der Waals surface area contributed by atoms with Crippen LogP contribution in [0.1, 0.15) is 25.2 Å². The monoisotopic (exact) mass is 416 g/mol. The van der Waals surface area contributed by atoms with E-state index in [1.165, 1.54) is 6.07 Å². The van der Waals surface area contributed by atoms with Gasteiger partial charge in [0.15, 0.2) is 11.6 Å². The Morgan fingerprint density at radius 1 is 1.32 bits per heavy atom. The largest absolute Gasteiger partial charge is 0.480 e. The Balaban J connectivity index is 0.00000280. The summed E-state index contributed by atoms with van der Waals surface area (Å²) in [5.41, 5.74) is 0.357. The molecule has 1 aromatic carbocycles. The van der Waals surface area contributed by atoms with Gasteiger partial charge in [-0.3, -0.25) is 14.6 Å². The molecule has 154 valence electrons. The van der Waals surface area contributed by atoms with Crippen molar-refractivity contribution in [2.75, 3.05) is 26.7 Å². The summed E-state index contributed by atoms with van der Waals surface area (Å²) in [6.07, 6.45) is 2.73. The molecule has 7 nitrogen and oxygen atoms in total. The highest BCUT2D eigenvalue weighted by Gasteiger charge is 2.23. The number of carboxylic acids is 1. The van der Waals surface area contributed by atoms with Gasteiger partial charge in [0.1, 0.15) is 0 Å². The van der Waals surface area contributed by atoms with E-state index in [1.54, 1.807) is 0 Å². The molecule has 3 rings (SSSR count). The third-order valence-corrected chi connectivity index (χ3v) is 4.80. The molecule has 1 aromatic heterocycles. The molecular weight excluding hydrogens is 394 g/mol. The molecule has 2 aromatic rings. The van der Waals surface area contributed by atoms with E-state index in [9.17, 15) is 13.6 Å². The Hall–Kier alpha value is -2.10. The molecule has 1 aliphatic heterocycles. The van der Waals surface area contributed by atoms with E-state index < -0.39 is 17.6 Å². The lowest BCUT2D eigenvalue weighted by atomic mass is 10.1. The maximum Gasteiger partial charge on any atom is 0.317 e. The van der Waals surface area contributed by atoms with Crippen LogP contribution in [0.15, 0.2) is 22.7 Å². The van der Waals surface area contributed by atoms with Crippen molar-refractivity contribution in [1.82, 2.24) is 19.9 Å². The molecule has 0 amide bonds. The lowest BCUT2D eigenvalue weighted by Crippen LogP contribution is -2.36. The van der Waals surface area contributed by atoms with Crippen LogP contribution < -0.4 is 0 Å². The van der Waals surface area contributed by atoms with Crippen molar-refractivity contribution >= 4 is 18.4 Å². The van der Waals surface area contributed by atoms with E-state index >= 15 is 0 Å². The van der Waals surface area contributed by atoms with Crippen LogP contribution >= 0.6 is 12.4 Å². The number of likely N-dealkylation sites (tertiary alicyclic amines) is 1. The van der Waals surface area contributed by atoms with Crippen LogP contribution in [0.3, 0.4) is 0 Å². The number of carbonyl (C=O) groups is 1. The van der Waals surface area contributed by atoms with Gasteiger partial charge in [-0.05, 0) is 51.1 Å². The van der Waals surface area contributed by atoms with E-state index in [4.69, 9.17) is 9.63 Å². The van der Waals surface area contributed by atoms with Crippen LogP contribution in [-0.4, -0.2) is 63.7 Å². The predicted octanol–water partition coefficient (Wildman–Crippen LogP) is 2.81. The van der Waals surface area contributed by atoms with Crippen molar-refractivity contribution in [2.24, 2.45) is 0 Å². The quantitative estimate of drug-likeness (QED) is 0.775. The van der Waals surface area contributed by atoms with Crippen LogP contribution in [0.2, 0.25) is 0 Å². The number of carboxylic acid groups (broad SMARTS) is 1. The van der Waals surface area contributed by atoms with Crippen LogP contribution in [0, 0.1) is 11.6 Å². The number of benzene rings is 1. The highest BCUT2D eigenvalue weighted by atomic mass is 35.5. The van der Waals surface area contributed by atoms with E-state index in [0.29, 0.717) is 18.0 Å². The molecule has 28 heavy (non-hydrogen) atoms. The minimum absolute atomic E-state index is 0. The number of hydrogen-bond acceptors (Lipinski definition) is 6. The molecule has 1 saturated heterocycles. The number of nitrogens with zero attached hydrogens (tertiary/aromatic N) is 4. The first kappa shape index (κ1) is 22.2. The zero-order chi connectivity index (χ0) is 19.4. The third kappa shape index (κ3) is 5.70. The fourth-order valence-corrected chi connectivity index (χ4v) is 3.34. The van der Waals surface area contributed by atoms with Gasteiger partial charge in [-0.25, -0.2) is 8.78 Å². The van der Waals surface area contributed by atoms with Crippen molar-refractivity contribution in [1.29, 1.82) is 0 Å². The third-order valence-electron chi connectivity index (χ3n) is 4.80. The standard InChI is InChI=1S/C18H22F2N4O3.ClH/c1-23(11-17(25)26)13-3-2-7-24(8-6-13)10-16-21-18(22-27-16)12-4-5-14(19)15(20)9-12;/h4-5,9,13H,2-3,6-8,10-11H2,1H3,(H,25,26);1H.